The lowest BCUT2D eigenvalue weighted by molar-refractivity contribution is 0.0526. The van der Waals surface area contributed by atoms with Crippen LogP contribution >= 0.6 is 11.6 Å². The molecule has 0 bridgehead atoms. The summed E-state index contributed by atoms with van der Waals surface area (Å²) in [5.74, 6) is -0.182. The molecule has 17 heavy (non-hydrogen) atoms. The van der Waals surface area contributed by atoms with Crippen molar-refractivity contribution in [3.05, 3.63) is 29.8 Å². The van der Waals surface area contributed by atoms with Crippen molar-refractivity contribution >= 4 is 23.3 Å². The van der Waals surface area contributed by atoms with Gasteiger partial charge < -0.3 is 15.2 Å². The predicted molar refractivity (Wildman–Crippen MR) is 67.6 cm³/mol. The van der Waals surface area contributed by atoms with Gasteiger partial charge in [-0.3, -0.25) is 0 Å². The van der Waals surface area contributed by atoms with Crippen LogP contribution in [-0.2, 0) is 4.74 Å². The van der Waals surface area contributed by atoms with E-state index in [9.17, 15) is 9.90 Å². The molecule has 0 aliphatic carbocycles. The molecule has 2 N–H and O–H groups in total. The van der Waals surface area contributed by atoms with Crippen molar-refractivity contribution in [1.29, 1.82) is 0 Å². The molecule has 0 heterocycles. The fraction of sp³-hybridized carbons (Fsp3) is 0.417. The predicted octanol–water partition coefficient (Wildman–Crippen LogP) is 1.87. The van der Waals surface area contributed by atoms with E-state index in [0.717, 1.165) is 5.69 Å². The van der Waals surface area contributed by atoms with E-state index in [4.69, 9.17) is 16.3 Å². The van der Waals surface area contributed by atoms with Gasteiger partial charge in [0.05, 0.1) is 24.2 Å². The van der Waals surface area contributed by atoms with E-state index in [1.54, 1.807) is 25.1 Å². The van der Waals surface area contributed by atoms with Crippen molar-refractivity contribution in [3.8, 4) is 0 Å². The molecule has 0 saturated carbocycles. The molecule has 1 aromatic rings. The average molecular weight is 258 g/mol. The number of anilines is 1. The second-order valence-electron chi connectivity index (χ2n) is 3.49. The Balaban J connectivity index is 2.62. The Morgan fingerprint density at radius 2 is 2.35 bits per heavy atom. The van der Waals surface area contributed by atoms with Crippen LogP contribution in [0.4, 0.5) is 5.69 Å². The summed E-state index contributed by atoms with van der Waals surface area (Å²) >= 11 is 5.48. The quantitative estimate of drug-likeness (QED) is 0.603. The topological polar surface area (TPSA) is 58.6 Å². The molecule has 0 aliphatic heterocycles. The van der Waals surface area contributed by atoms with Gasteiger partial charge in [0.15, 0.2) is 0 Å². The summed E-state index contributed by atoms with van der Waals surface area (Å²) in [5, 5.41) is 12.3. The van der Waals surface area contributed by atoms with Gasteiger partial charge in [0.2, 0.25) is 0 Å². The standard InChI is InChI=1S/C12H16ClNO3/c1-2-17-12(16)9-4-3-5-10(6-9)14-8-11(15)7-13/h3-6,11,14-15H,2,7-8H2,1H3. The number of alkyl halides is 1. The van der Waals surface area contributed by atoms with E-state index >= 15 is 0 Å². The molecule has 1 unspecified atom stereocenters. The molecule has 0 aromatic heterocycles. The van der Waals surface area contributed by atoms with Crippen LogP contribution < -0.4 is 5.32 Å². The molecule has 0 saturated heterocycles. The van der Waals surface area contributed by atoms with Gasteiger partial charge in [-0.2, -0.15) is 0 Å². The summed E-state index contributed by atoms with van der Waals surface area (Å²) in [6.07, 6.45) is -0.608. The number of hydrogen-bond donors (Lipinski definition) is 2. The molecule has 0 aliphatic rings. The molecule has 1 rings (SSSR count). The molecule has 5 heteroatoms. The first kappa shape index (κ1) is 13.8. The molecule has 0 amide bonds. The van der Waals surface area contributed by atoms with Gasteiger partial charge >= 0.3 is 5.97 Å². The van der Waals surface area contributed by atoms with E-state index < -0.39 is 6.10 Å². The fourth-order valence-electron chi connectivity index (χ4n) is 1.26. The van der Waals surface area contributed by atoms with E-state index in [2.05, 4.69) is 5.32 Å². The number of ether oxygens (including phenoxy) is 1. The van der Waals surface area contributed by atoms with Crippen molar-refractivity contribution in [1.82, 2.24) is 0 Å². The molecular weight excluding hydrogens is 242 g/mol. The van der Waals surface area contributed by atoms with Gasteiger partial charge in [-0.25, -0.2) is 4.79 Å². The summed E-state index contributed by atoms with van der Waals surface area (Å²) in [7, 11) is 0. The minimum Gasteiger partial charge on any atom is -0.462 e. The molecule has 0 fully saturated rings. The Morgan fingerprint density at radius 3 is 3.00 bits per heavy atom. The zero-order valence-corrected chi connectivity index (χ0v) is 10.4. The highest BCUT2D eigenvalue weighted by molar-refractivity contribution is 6.18. The van der Waals surface area contributed by atoms with Gasteiger partial charge in [0.1, 0.15) is 0 Å². The summed E-state index contributed by atoms with van der Waals surface area (Å²) in [6.45, 7) is 2.45. The molecule has 0 radical (unpaired) electrons. The molecule has 0 spiro atoms. The second-order valence-corrected chi connectivity index (χ2v) is 3.80. The van der Waals surface area contributed by atoms with Crippen molar-refractivity contribution in [2.24, 2.45) is 0 Å². The summed E-state index contributed by atoms with van der Waals surface area (Å²) in [6, 6.07) is 6.92. The van der Waals surface area contributed by atoms with Gasteiger partial charge in [0.25, 0.3) is 0 Å². The zero-order valence-electron chi connectivity index (χ0n) is 9.65. The molecule has 1 aromatic carbocycles. The summed E-state index contributed by atoms with van der Waals surface area (Å²) in [4.78, 5) is 11.5. The second kappa shape index (κ2) is 7.14. The first-order valence-corrected chi connectivity index (χ1v) is 5.96. The lowest BCUT2D eigenvalue weighted by Gasteiger charge is -2.10. The number of rotatable bonds is 6. The minimum atomic E-state index is -0.608. The van der Waals surface area contributed by atoms with Crippen LogP contribution in [0, 0.1) is 0 Å². The third-order valence-corrected chi connectivity index (χ3v) is 2.45. The maximum absolute atomic E-state index is 11.5. The van der Waals surface area contributed by atoms with Crippen LogP contribution in [0.3, 0.4) is 0 Å². The SMILES string of the molecule is CCOC(=O)c1cccc(NCC(O)CCl)c1. The molecule has 1 atom stereocenters. The Morgan fingerprint density at radius 1 is 1.59 bits per heavy atom. The first-order valence-electron chi connectivity index (χ1n) is 5.42. The number of nitrogens with one attached hydrogen (secondary N) is 1. The van der Waals surface area contributed by atoms with Crippen LogP contribution in [-0.4, -0.2) is 36.2 Å². The fourth-order valence-corrected chi connectivity index (χ4v) is 1.37. The number of halogens is 1. The first-order chi connectivity index (χ1) is 8.17. The van der Waals surface area contributed by atoms with Crippen LogP contribution in [0.25, 0.3) is 0 Å². The smallest absolute Gasteiger partial charge is 0.338 e. The Kier molecular flexibility index (Phi) is 5.80. The average Bonchev–Trinajstić information content (AvgIpc) is 2.36. The number of esters is 1. The lowest BCUT2D eigenvalue weighted by Crippen LogP contribution is -2.20. The van der Waals surface area contributed by atoms with Crippen LogP contribution in [0.15, 0.2) is 24.3 Å². The number of aliphatic hydroxyl groups is 1. The zero-order chi connectivity index (χ0) is 12.7. The van der Waals surface area contributed by atoms with Gasteiger partial charge in [-0.05, 0) is 25.1 Å². The van der Waals surface area contributed by atoms with E-state index in [1.807, 2.05) is 6.07 Å². The maximum Gasteiger partial charge on any atom is 0.338 e. The van der Waals surface area contributed by atoms with Crippen molar-refractivity contribution in [3.63, 3.8) is 0 Å². The highest BCUT2D eigenvalue weighted by atomic mass is 35.5. The third kappa shape index (κ3) is 4.63. The van der Waals surface area contributed by atoms with Crippen LogP contribution in [0.5, 0.6) is 0 Å². The Hall–Kier alpha value is -1.26. The van der Waals surface area contributed by atoms with Crippen molar-refractivity contribution in [2.75, 3.05) is 24.3 Å². The number of carbonyl (C=O) groups is 1. The largest absolute Gasteiger partial charge is 0.462 e. The summed E-state index contributed by atoms with van der Waals surface area (Å²) < 4.78 is 4.89. The Bertz CT molecular complexity index is 371. The molecule has 4 nitrogen and oxygen atoms in total. The Labute approximate surface area is 106 Å². The van der Waals surface area contributed by atoms with Crippen LogP contribution in [0.2, 0.25) is 0 Å². The van der Waals surface area contributed by atoms with E-state index in [0.29, 0.717) is 18.7 Å². The number of aliphatic hydroxyl groups excluding tert-OH is 1. The van der Waals surface area contributed by atoms with Gasteiger partial charge in [-0.1, -0.05) is 6.07 Å². The molecule has 94 valence electrons. The van der Waals surface area contributed by atoms with Crippen molar-refractivity contribution in [2.45, 2.75) is 13.0 Å². The normalized spacial score (nSPS) is 11.9. The van der Waals surface area contributed by atoms with Gasteiger partial charge in [0, 0.05) is 12.2 Å². The van der Waals surface area contributed by atoms with Crippen molar-refractivity contribution < 1.29 is 14.6 Å². The minimum absolute atomic E-state index is 0.171. The monoisotopic (exact) mass is 257 g/mol. The van der Waals surface area contributed by atoms with E-state index in [-0.39, 0.29) is 11.8 Å². The third-order valence-electron chi connectivity index (χ3n) is 2.09. The lowest BCUT2D eigenvalue weighted by atomic mass is 10.2. The number of benzene rings is 1. The van der Waals surface area contributed by atoms with Crippen LogP contribution in [0.1, 0.15) is 17.3 Å². The number of carbonyl (C=O) groups excluding carboxylic acids is 1. The van der Waals surface area contributed by atoms with E-state index in [1.165, 1.54) is 0 Å². The van der Waals surface area contributed by atoms with Gasteiger partial charge in [-0.15, -0.1) is 11.6 Å². The highest BCUT2D eigenvalue weighted by Crippen LogP contribution is 2.11. The maximum atomic E-state index is 11.5. The highest BCUT2D eigenvalue weighted by Gasteiger charge is 2.07. The summed E-state index contributed by atoms with van der Waals surface area (Å²) in [5.41, 5.74) is 1.23. The molecular formula is C12H16ClNO3. The number of hydrogen-bond acceptors (Lipinski definition) is 4.